The number of rotatable bonds is 2. The van der Waals surface area contributed by atoms with Crippen LogP contribution in [0.1, 0.15) is 41.4 Å². The van der Waals surface area contributed by atoms with Crippen molar-refractivity contribution in [1.29, 1.82) is 0 Å². The van der Waals surface area contributed by atoms with Crippen molar-refractivity contribution in [2.75, 3.05) is 13.1 Å². The van der Waals surface area contributed by atoms with Crippen LogP contribution in [0.3, 0.4) is 0 Å². The van der Waals surface area contributed by atoms with E-state index in [2.05, 4.69) is 22.4 Å². The Morgan fingerprint density at radius 3 is 2.80 bits per heavy atom. The number of likely N-dealkylation sites (tertiary alicyclic amines) is 1. The molecule has 2 atom stereocenters. The molecule has 0 bridgehead atoms. The van der Waals surface area contributed by atoms with Gasteiger partial charge in [-0.25, -0.2) is 4.98 Å². The summed E-state index contributed by atoms with van der Waals surface area (Å²) in [5.74, 6) is 0.539. The average molecular weight is 338 g/mol. The molecular weight excluding hydrogens is 316 g/mol. The Morgan fingerprint density at radius 1 is 1.32 bits per heavy atom. The summed E-state index contributed by atoms with van der Waals surface area (Å²) in [7, 11) is 1.82. The van der Waals surface area contributed by atoms with Gasteiger partial charge in [-0.05, 0) is 18.4 Å². The summed E-state index contributed by atoms with van der Waals surface area (Å²) in [6.07, 6.45) is 5.73. The van der Waals surface area contributed by atoms with Gasteiger partial charge in [0.2, 0.25) is 5.91 Å². The molecule has 2 amide bonds. The predicted octanol–water partition coefficient (Wildman–Crippen LogP) is 1.70. The molecule has 0 radical (unpaired) electrons. The highest BCUT2D eigenvalue weighted by atomic mass is 16.2. The summed E-state index contributed by atoms with van der Waals surface area (Å²) in [5, 5.41) is 3.23. The second-order valence-electron chi connectivity index (χ2n) is 7.07. The van der Waals surface area contributed by atoms with Gasteiger partial charge >= 0.3 is 0 Å². The normalized spacial score (nSPS) is 26.0. The number of amides is 2. The van der Waals surface area contributed by atoms with Gasteiger partial charge in [-0.3, -0.25) is 9.59 Å². The third kappa shape index (κ3) is 2.71. The van der Waals surface area contributed by atoms with E-state index in [-0.39, 0.29) is 23.3 Å². The minimum absolute atomic E-state index is 0.0786. The number of carbonyl (C=O) groups excluding carboxylic acids is 2. The Balaban J connectivity index is 1.68. The summed E-state index contributed by atoms with van der Waals surface area (Å²) in [6, 6.07) is 10.2. The largest absolute Gasteiger partial charge is 0.348 e. The van der Waals surface area contributed by atoms with E-state index in [0.717, 1.165) is 12.8 Å². The van der Waals surface area contributed by atoms with Gasteiger partial charge in [-0.1, -0.05) is 30.3 Å². The van der Waals surface area contributed by atoms with Crippen molar-refractivity contribution in [2.24, 2.45) is 7.05 Å². The van der Waals surface area contributed by atoms with E-state index in [1.807, 2.05) is 30.1 Å². The van der Waals surface area contributed by atoms with Crippen molar-refractivity contribution < 1.29 is 9.59 Å². The number of aryl methyl sites for hydroxylation is 1. The fourth-order valence-electron chi connectivity index (χ4n) is 4.24. The minimum Gasteiger partial charge on any atom is -0.348 e. The molecule has 2 fully saturated rings. The minimum atomic E-state index is -0.377. The van der Waals surface area contributed by atoms with Gasteiger partial charge in [0.1, 0.15) is 0 Å². The van der Waals surface area contributed by atoms with E-state index in [0.29, 0.717) is 25.3 Å². The molecule has 130 valence electrons. The van der Waals surface area contributed by atoms with E-state index in [1.54, 1.807) is 17.0 Å². The topological polar surface area (TPSA) is 67.2 Å². The molecule has 0 aliphatic carbocycles. The zero-order valence-electron chi connectivity index (χ0n) is 14.3. The van der Waals surface area contributed by atoms with Crippen molar-refractivity contribution in [3.63, 3.8) is 0 Å². The molecule has 2 aromatic rings. The Hall–Kier alpha value is -2.63. The molecule has 2 aliphatic heterocycles. The molecule has 25 heavy (non-hydrogen) atoms. The zero-order chi connectivity index (χ0) is 17.4. The van der Waals surface area contributed by atoms with Gasteiger partial charge in [-0.2, -0.15) is 0 Å². The van der Waals surface area contributed by atoms with E-state index < -0.39 is 0 Å². The number of nitrogens with one attached hydrogen (secondary N) is 1. The highest BCUT2D eigenvalue weighted by Gasteiger charge is 2.50. The van der Waals surface area contributed by atoms with Crippen LogP contribution in [0, 0.1) is 0 Å². The lowest BCUT2D eigenvalue weighted by atomic mass is 9.76. The molecule has 1 aromatic heterocycles. The molecule has 0 saturated carbocycles. The third-order valence-electron chi connectivity index (χ3n) is 5.46. The first-order valence-corrected chi connectivity index (χ1v) is 8.72. The van der Waals surface area contributed by atoms with Crippen molar-refractivity contribution in [3.8, 4) is 0 Å². The van der Waals surface area contributed by atoms with Crippen LogP contribution in [0.5, 0.6) is 0 Å². The van der Waals surface area contributed by atoms with Crippen LogP contribution in [0.25, 0.3) is 0 Å². The number of aromatic nitrogens is 2. The van der Waals surface area contributed by atoms with Crippen molar-refractivity contribution in [2.45, 2.75) is 30.7 Å². The standard InChI is InChI=1S/C19H22N4O2/c1-22-11-10-20-17(22)18(25)23-12-15(14-6-3-2-4-7-14)19(13-23)9-5-8-16(24)21-19/h2-4,6-7,10-11,15H,5,8-9,12-13H2,1H3,(H,21,24)/t15-,19+/m0/s1. The van der Waals surface area contributed by atoms with Crippen LogP contribution >= 0.6 is 0 Å². The van der Waals surface area contributed by atoms with Gasteiger partial charge in [0.05, 0.1) is 5.54 Å². The smallest absolute Gasteiger partial charge is 0.289 e. The molecular formula is C19H22N4O2. The van der Waals surface area contributed by atoms with E-state index >= 15 is 0 Å². The van der Waals surface area contributed by atoms with Gasteiger partial charge in [0, 0.05) is 44.9 Å². The lowest BCUT2D eigenvalue weighted by Gasteiger charge is -2.39. The van der Waals surface area contributed by atoms with Crippen LogP contribution in [0.4, 0.5) is 0 Å². The molecule has 2 aliphatic rings. The second-order valence-corrected chi connectivity index (χ2v) is 7.07. The Labute approximate surface area is 146 Å². The molecule has 2 saturated heterocycles. The Morgan fingerprint density at radius 2 is 2.12 bits per heavy atom. The summed E-state index contributed by atoms with van der Waals surface area (Å²) >= 11 is 0. The monoisotopic (exact) mass is 338 g/mol. The number of imidazole rings is 1. The molecule has 1 spiro atoms. The van der Waals surface area contributed by atoms with Crippen molar-refractivity contribution in [3.05, 3.63) is 54.1 Å². The first-order chi connectivity index (χ1) is 12.1. The molecule has 0 unspecified atom stereocenters. The molecule has 4 rings (SSSR count). The molecule has 6 heteroatoms. The number of hydrogen-bond donors (Lipinski definition) is 1. The van der Waals surface area contributed by atoms with E-state index in [1.165, 1.54) is 5.56 Å². The highest BCUT2D eigenvalue weighted by Crippen LogP contribution is 2.41. The van der Waals surface area contributed by atoms with Gasteiger partial charge < -0.3 is 14.8 Å². The van der Waals surface area contributed by atoms with Gasteiger partial charge in [-0.15, -0.1) is 0 Å². The first-order valence-electron chi connectivity index (χ1n) is 8.72. The second kappa shape index (κ2) is 6.02. The predicted molar refractivity (Wildman–Crippen MR) is 93.0 cm³/mol. The molecule has 3 heterocycles. The molecule has 1 N–H and O–H groups in total. The third-order valence-corrected chi connectivity index (χ3v) is 5.46. The summed E-state index contributed by atoms with van der Waals surface area (Å²) in [4.78, 5) is 31.1. The Kier molecular flexibility index (Phi) is 3.82. The van der Waals surface area contributed by atoms with E-state index in [9.17, 15) is 9.59 Å². The maximum Gasteiger partial charge on any atom is 0.289 e. The fraction of sp³-hybridized carbons (Fsp3) is 0.421. The average Bonchev–Trinajstić information content (AvgIpc) is 3.19. The summed E-state index contributed by atoms with van der Waals surface area (Å²) < 4.78 is 1.74. The zero-order valence-corrected chi connectivity index (χ0v) is 14.3. The maximum absolute atomic E-state index is 12.9. The summed E-state index contributed by atoms with van der Waals surface area (Å²) in [5.41, 5.74) is 0.789. The molecule has 1 aromatic carbocycles. The van der Waals surface area contributed by atoms with Crippen LogP contribution in [0.15, 0.2) is 42.7 Å². The number of piperidine rings is 1. The lowest BCUT2D eigenvalue weighted by Crippen LogP contribution is -2.56. The van der Waals surface area contributed by atoms with Crippen LogP contribution in [-0.2, 0) is 11.8 Å². The first kappa shape index (κ1) is 15.9. The molecule has 6 nitrogen and oxygen atoms in total. The maximum atomic E-state index is 12.9. The lowest BCUT2D eigenvalue weighted by molar-refractivity contribution is -0.125. The summed E-state index contributed by atoms with van der Waals surface area (Å²) in [6.45, 7) is 1.12. The van der Waals surface area contributed by atoms with E-state index in [4.69, 9.17) is 0 Å². The number of hydrogen-bond acceptors (Lipinski definition) is 3. The van der Waals surface area contributed by atoms with Crippen LogP contribution in [0.2, 0.25) is 0 Å². The van der Waals surface area contributed by atoms with Crippen molar-refractivity contribution >= 4 is 11.8 Å². The quantitative estimate of drug-likeness (QED) is 0.906. The van der Waals surface area contributed by atoms with Crippen molar-refractivity contribution in [1.82, 2.24) is 19.8 Å². The van der Waals surface area contributed by atoms with Crippen LogP contribution in [-0.4, -0.2) is 44.9 Å². The number of benzene rings is 1. The van der Waals surface area contributed by atoms with Crippen LogP contribution < -0.4 is 5.32 Å². The highest BCUT2D eigenvalue weighted by molar-refractivity contribution is 5.91. The van der Waals surface area contributed by atoms with Gasteiger partial charge in [0.25, 0.3) is 5.91 Å². The number of carbonyl (C=O) groups is 2. The fourth-order valence-corrected chi connectivity index (χ4v) is 4.24. The van der Waals surface area contributed by atoms with Gasteiger partial charge in [0.15, 0.2) is 5.82 Å². The SMILES string of the molecule is Cn1ccnc1C(=O)N1C[C@@H](c2ccccc2)[C@@]2(CCCC(=O)N2)C1. The number of nitrogens with zero attached hydrogens (tertiary/aromatic N) is 3. The Bertz CT molecular complexity index is 801.